The van der Waals surface area contributed by atoms with Crippen LogP contribution in [0, 0.1) is 5.82 Å². The van der Waals surface area contributed by atoms with Crippen LogP contribution >= 0.6 is 11.3 Å². The first-order valence-electron chi connectivity index (χ1n) is 6.94. The van der Waals surface area contributed by atoms with Crippen molar-refractivity contribution in [3.05, 3.63) is 35.7 Å². The molecule has 3 rings (SSSR count). The van der Waals surface area contributed by atoms with E-state index in [9.17, 15) is 9.18 Å². The van der Waals surface area contributed by atoms with Crippen LogP contribution in [0.4, 0.5) is 14.2 Å². The Hall–Kier alpha value is -2.22. The number of ether oxygens (including phenoxy) is 1. The van der Waals surface area contributed by atoms with Crippen molar-refractivity contribution in [2.24, 2.45) is 0 Å². The lowest BCUT2D eigenvalue weighted by molar-refractivity contribution is 0.0981. The average Bonchev–Trinajstić information content (AvgIpc) is 3.03. The maximum atomic E-state index is 12.8. The van der Waals surface area contributed by atoms with Crippen LogP contribution in [0.15, 0.2) is 29.9 Å². The normalized spacial score (nSPS) is 18.0. The number of hydrogen-bond acceptors (Lipinski definition) is 5. The Bertz CT molecular complexity index is 620. The standard InChI is InChI=1S/C14H15FN4O2S/c15-10-7-16-13(17-8-10)21-11-3-1-5-19(9-11)14(20)18-12-4-2-6-22-12/h2,4,6-8,11H,1,3,5,9H2,(H,18,20)/t11-/m0/s1. The molecule has 1 atom stereocenters. The van der Waals surface area contributed by atoms with E-state index >= 15 is 0 Å². The molecule has 0 aliphatic carbocycles. The van der Waals surface area contributed by atoms with Crippen molar-refractivity contribution in [1.29, 1.82) is 0 Å². The van der Waals surface area contributed by atoms with Gasteiger partial charge in [-0.1, -0.05) is 0 Å². The summed E-state index contributed by atoms with van der Waals surface area (Å²) >= 11 is 1.47. The number of thiophene rings is 1. The Morgan fingerprint density at radius 3 is 3.00 bits per heavy atom. The Balaban J connectivity index is 1.56. The lowest BCUT2D eigenvalue weighted by atomic mass is 10.1. The number of halogens is 1. The van der Waals surface area contributed by atoms with Crippen LogP contribution in [-0.4, -0.2) is 40.1 Å². The zero-order valence-electron chi connectivity index (χ0n) is 11.7. The Kier molecular flexibility index (Phi) is 4.47. The molecule has 116 valence electrons. The van der Waals surface area contributed by atoms with Gasteiger partial charge < -0.3 is 9.64 Å². The molecule has 1 fully saturated rings. The minimum atomic E-state index is -0.507. The Labute approximate surface area is 131 Å². The third-order valence-corrected chi connectivity index (χ3v) is 4.07. The molecule has 8 heteroatoms. The summed E-state index contributed by atoms with van der Waals surface area (Å²) in [6.07, 6.45) is 3.58. The van der Waals surface area contributed by atoms with Gasteiger partial charge in [-0.15, -0.1) is 11.3 Å². The number of urea groups is 1. The predicted molar refractivity (Wildman–Crippen MR) is 80.6 cm³/mol. The van der Waals surface area contributed by atoms with E-state index in [1.54, 1.807) is 4.90 Å². The summed E-state index contributed by atoms with van der Waals surface area (Å²) in [7, 11) is 0. The number of aromatic nitrogens is 2. The zero-order chi connectivity index (χ0) is 15.4. The SMILES string of the molecule is O=C(Nc1cccs1)N1CCC[C@H](Oc2ncc(F)cn2)C1. The highest BCUT2D eigenvalue weighted by Gasteiger charge is 2.25. The molecule has 2 aromatic heterocycles. The number of nitrogens with one attached hydrogen (secondary N) is 1. The first kappa shape index (κ1) is 14.7. The molecule has 2 aromatic rings. The summed E-state index contributed by atoms with van der Waals surface area (Å²) in [6.45, 7) is 1.14. The van der Waals surface area contributed by atoms with E-state index in [1.165, 1.54) is 11.3 Å². The topological polar surface area (TPSA) is 67.4 Å². The molecule has 1 saturated heterocycles. The molecular formula is C14H15FN4O2S. The summed E-state index contributed by atoms with van der Waals surface area (Å²) in [5.41, 5.74) is 0. The van der Waals surface area contributed by atoms with Gasteiger partial charge in [-0.2, -0.15) is 0 Å². The maximum absolute atomic E-state index is 12.8. The first-order chi connectivity index (χ1) is 10.7. The molecule has 0 bridgehead atoms. The van der Waals surface area contributed by atoms with E-state index in [0.717, 1.165) is 30.2 Å². The largest absolute Gasteiger partial charge is 0.458 e. The second-order valence-corrected chi connectivity index (χ2v) is 5.87. The summed E-state index contributed by atoms with van der Waals surface area (Å²) in [5.74, 6) is -0.507. The van der Waals surface area contributed by atoms with E-state index in [1.807, 2.05) is 17.5 Å². The third kappa shape index (κ3) is 3.70. The summed E-state index contributed by atoms with van der Waals surface area (Å²) in [6, 6.07) is 3.73. The number of piperidine rings is 1. The van der Waals surface area contributed by atoms with Crippen molar-refractivity contribution in [3.8, 4) is 6.01 Å². The molecule has 1 aliphatic heterocycles. The summed E-state index contributed by atoms with van der Waals surface area (Å²) in [5, 5.41) is 5.57. The fourth-order valence-corrected chi connectivity index (χ4v) is 2.87. The molecule has 0 spiro atoms. The molecular weight excluding hydrogens is 307 g/mol. The minimum absolute atomic E-state index is 0.131. The highest BCUT2D eigenvalue weighted by Crippen LogP contribution is 2.19. The van der Waals surface area contributed by atoms with E-state index in [0.29, 0.717) is 13.1 Å². The minimum Gasteiger partial charge on any atom is -0.458 e. The van der Waals surface area contributed by atoms with Crippen molar-refractivity contribution in [3.63, 3.8) is 0 Å². The van der Waals surface area contributed by atoms with Crippen molar-refractivity contribution in [1.82, 2.24) is 14.9 Å². The van der Waals surface area contributed by atoms with Gasteiger partial charge in [0.2, 0.25) is 0 Å². The van der Waals surface area contributed by atoms with Gasteiger partial charge in [0.15, 0.2) is 5.82 Å². The summed E-state index contributed by atoms with van der Waals surface area (Å²) < 4.78 is 18.4. The highest BCUT2D eigenvalue weighted by atomic mass is 32.1. The first-order valence-corrected chi connectivity index (χ1v) is 7.82. The van der Waals surface area contributed by atoms with Crippen molar-refractivity contribution >= 4 is 22.4 Å². The van der Waals surface area contributed by atoms with Crippen LogP contribution in [0.3, 0.4) is 0 Å². The van der Waals surface area contributed by atoms with Gasteiger partial charge in [-0.25, -0.2) is 19.2 Å². The lowest BCUT2D eigenvalue weighted by Gasteiger charge is -2.32. The molecule has 3 heterocycles. The van der Waals surface area contributed by atoms with Crippen molar-refractivity contribution in [2.75, 3.05) is 18.4 Å². The monoisotopic (exact) mass is 322 g/mol. The summed E-state index contributed by atoms with van der Waals surface area (Å²) in [4.78, 5) is 21.5. The van der Waals surface area contributed by atoms with Gasteiger partial charge in [0.25, 0.3) is 0 Å². The van der Waals surface area contributed by atoms with Crippen LogP contribution < -0.4 is 10.1 Å². The van der Waals surface area contributed by atoms with E-state index in [4.69, 9.17) is 4.74 Å². The van der Waals surface area contributed by atoms with Gasteiger partial charge in [-0.05, 0) is 30.4 Å². The zero-order valence-corrected chi connectivity index (χ0v) is 12.6. The van der Waals surface area contributed by atoms with E-state index < -0.39 is 5.82 Å². The number of amides is 2. The Morgan fingerprint density at radius 2 is 2.27 bits per heavy atom. The number of nitrogens with zero attached hydrogens (tertiary/aromatic N) is 3. The van der Waals surface area contributed by atoms with Gasteiger partial charge in [0.1, 0.15) is 6.10 Å². The number of likely N-dealkylation sites (tertiary alicyclic amines) is 1. The molecule has 1 N–H and O–H groups in total. The van der Waals surface area contributed by atoms with Crippen LogP contribution in [0.5, 0.6) is 6.01 Å². The van der Waals surface area contributed by atoms with Crippen LogP contribution in [0.1, 0.15) is 12.8 Å². The van der Waals surface area contributed by atoms with Crippen molar-refractivity contribution < 1.29 is 13.9 Å². The lowest BCUT2D eigenvalue weighted by Crippen LogP contribution is -2.46. The number of carbonyl (C=O) groups excluding carboxylic acids is 1. The Morgan fingerprint density at radius 1 is 1.45 bits per heavy atom. The number of carbonyl (C=O) groups is 1. The maximum Gasteiger partial charge on any atom is 0.322 e. The smallest absolute Gasteiger partial charge is 0.322 e. The molecule has 0 radical (unpaired) electrons. The van der Waals surface area contributed by atoms with Crippen LogP contribution in [0.2, 0.25) is 0 Å². The van der Waals surface area contributed by atoms with Crippen LogP contribution in [-0.2, 0) is 0 Å². The van der Waals surface area contributed by atoms with Crippen LogP contribution in [0.25, 0.3) is 0 Å². The molecule has 6 nitrogen and oxygen atoms in total. The quantitative estimate of drug-likeness (QED) is 0.943. The van der Waals surface area contributed by atoms with E-state index in [-0.39, 0.29) is 18.1 Å². The highest BCUT2D eigenvalue weighted by molar-refractivity contribution is 7.14. The van der Waals surface area contributed by atoms with Gasteiger partial charge >= 0.3 is 12.0 Å². The second kappa shape index (κ2) is 6.69. The van der Waals surface area contributed by atoms with Crippen molar-refractivity contribution in [2.45, 2.75) is 18.9 Å². The fourth-order valence-electron chi connectivity index (χ4n) is 2.26. The van der Waals surface area contributed by atoms with E-state index in [2.05, 4.69) is 15.3 Å². The van der Waals surface area contributed by atoms with Gasteiger partial charge in [0.05, 0.1) is 23.9 Å². The molecule has 22 heavy (non-hydrogen) atoms. The fraction of sp³-hybridized carbons (Fsp3) is 0.357. The molecule has 2 amide bonds. The van der Waals surface area contributed by atoms with Gasteiger partial charge in [-0.3, -0.25) is 5.32 Å². The third-order valence-electron chi connectivity index (χ3n) is 3.29. The number of rotatable bonds is 3. The average molecular weight is 322 g/mol. The second-order valence-electron chi connectivity index (χ2n) is 4.92. The predicted octanol–water partition coefficient (Wildman–Crippen LogP) is 2.75. The van der Waals surface area contributed by atoms with Gasteiger partial charge in [0, 0.05) is 6.54 Å². The molecule has 1 aliphatic rings. The number of hydrogen-bond donors (Lipinski definition) is 1. The number of anilines is 1. The molecule has 0 aromatic carbocycles. The molecule has 0 unspecified atom stereocenters. The molecule has 0 saturated carbocycles.